The van der Waals surface area contributed by atoms with E-state index in [9.17, 15) is 0 Å². The molecule has 0 aromatic rings. The summed E-state index contributed by atoms with van der Waals surface area (Å²) >= 11 is 0. The highest BCUT2D eigenvalue weighted by molar-refractivity contribution is 4.85. The molecule has 1 heterocycles. The van der Waals surface area contributed by atoms with Crippen LogP contribution in [0.1, 0.15) is 117 Å². The molecule has 0 amide bonds. The highest BCUT2D eigenvalue weighted by Crippen LogP contribution is 2.28. The Bertz CT molecular complexity index is 289. The van der Waals surface area contributed by atoms with Gasteiger partial charge < -0.3 is 14.2 Å². The average Bonchev–Trinajstić information content (AvgIpc) is 2.68. The molecule has 3 nitrogen and oxygen atoms in total. The topological polar surface area (TPSA) is 27.7 Å². The first-order chi connectivity index (χ1) is 13.8. The Labute approximate surface area is 176 Å². The van der Waals surface area contributed by atoms with Crippen molar-refractivity contribution in [1.82, 2.24) is 0 Å². The molecule has 28 heavy (non-hydrogen) atoms. The summed E-state index contributed by atoms with van der Waals surface area (Å²) in [6.45, 7) is 9.58. The van der Waals surface area contributed by atoms with Gasteiger partial charge in [-0.3, -0.25) is 0 Å². The van der Waals surface area contributed by atoms with Gasteiger partial charge >= 0.3 is 0 Å². The number of hydrogen-bond acceptors (Lipinski definition) is 3. The van der Waals surface area contributed by atoms with Crippen LogP contribution in [0.2, 0.25) is 0 Å². The molecule has 0 aromatic carbocycles. The van der Waals surface area contributed by atoms with Crippen molar-refractivity contribution in [3.8, 4) is 0 Å². The molecule has 0 N–H and O–H groups in total. The minimum absolute atomic E-state index is 0.139. The van der Waals surface area contributed by atoms with Crippen LogP contribution in [0.4, 0.5) is 0 Å². The normalized spacial score (nSPS) is 15.6. The van der Waals surface area contributed by atoms with E-state index in [0.717, 1.165) is 39.6 Å². The monoisotopic (exact) mass is 398 g/mol. The smallest absolute Gasteiger partial charge is 0.0637 e. The van der Waals surface area contributed by atoms with E-state index < -0.39 is 0 Å². The van der Waals surface area contributed by atoms with Crippen LogP contribution in [-0.2, 0) is 14.2 Å². The predicted octanol–water partition coefficient (Wildman–Crippen LogP) is 7.32. The minimum Gasteiger partial charge on any atom is -0.381 e. The standard InChI is InChI=1S/C25H50O3/c1-3-5-7-9-11-13-15-17-19-26-21-25(23-28-24-25)22-27-20-18-16-14-12-10-8-6-4-2/h3-24H2,1-2H3. The Balaban J connectivity index is 1.87. The second kappa shape index (κ2) is 18.9. The fourth-order valence-electron chi connectivity index (χ4n) is 3.85. The second-order valence-electron chi connectivity index (χ2n) is 9.05. The van der Waals surface area contributed by atoms with Crippen molar-refractivity contribution < 1.29 is 14.2 Å². The maximum absolute atomic E-state index is 5.97. The third-order valence-corrected chi connectivity index (χ3v) is 5.92. The third kappa shape index (κ3) is 14.0. The summed E-state index contributed by atoms with van der Waals surface area (Å²) in [4.78, 5) is 0. The third-order valence-electron chi connectivity index (χ3n) is 5.92. The number of hydrogen-bond donors (Lipinski definition) is 0. The second-order valence-corrected chi connectivity index (χ2v) is 9.05. The van der Waals surface area contributed by atoms with Crippen LogP contribution >= 0.6 is 0 Å². The van der Waals surface area contributed by atoms with E-state index in [4.69, 9.17) is 14.2 Å². The maximum atomic E-state index is 5.97. The van der Waals surface area contributed by atoms with E-state index >= 15 is 0 Å². The van der Waals surface area contributed by atoms with E-state index in [1.54, 1.807) is 0 Å². The van der Waals surface area contributed by atoms with Gasteiger partial charge in [0.2, 0.25) is 0 Å². The summed E-state index contributed by atoms with van der Waals surface area (Å²) in [5.74, 6) is 0. The van der Waals surface area contributed by atoms with E-state index in [-0.39, 0.29) is 5.41 Å². The van der Waals surface area contributed by atoms with Crippen molar-refractivity contribution in [2.75, 3.05) is 39.6 Å². The molecule has 1 rings (SSSR count). The van der Waals surface area contributed by atoms with E-state index in [0.29, 0.717) is 0 Å². The maximum Gasteiger partial charge on any atom is 0.0637 e. The molecule has 0 spiro atoms. The number of ether oxygens (including phenoxy) is 3. The van der Waals surface area contributed by atoms with Crippen LogP contribution in [0.25, 0.3) is 0 Å². The lowest BCUT2D eigenvalue weighted by Gasteiger charge is -2.40. The summed E-state index contributed by atoms with van der Waals surface area (Å²) in [5.41, 5.74) is 0.139. The molecule has 0 aliphatic carbocycles. The van der Waals surface area contributed by atoms with Gasteiger partial charge in [0.15, 0.2) is 0 Å². The zero-order valence-corrected chi connectivity index (χ0v) is 19.3. The molecule has 168 valence electrons. The first-order valence-electron chi connectivity index (χ1n) is 12.6. The van der Waals surface area contributed by atoms with Crippen LogP contribution in [0.5, 0.6) is 0 Å². The van der Waals surface area contributed by atoms with Crippen LogP contribution in [-0.4, -0.2) is 39.6 Å². The molecule has 1 aliphatic heterocycles. The summed E-state index contributed by atoms with van der Waals surface area (Å²) in [6, 6.07) is 0. The number of unbranched alkanes of at least 4 members (excludes halogenated alkanes) is 14. The largest absolute Gasteiger partial charge is 0.381 e. The summed E-state index contributed by atoms with van der Waals surface area (Å²) < 4.78 is 17.4. The summed E-state index contributed by atoms with van der Waals surface area (Å²) in [6.07, 6.45) is 21.6. The minimum atomic E-state index is 0.139. The van der Waals surface area contributed by atoms with Crippen molar-refractivity contribution in [1.29, 1.82) is 0 Å². The van der Waals surface area contributed by atoms with Gasteiger partial charge in [-0.25, -0.2) is 0 Å². The fourth-order valence-corrected chi connectivity index (χ4v) is 3.85. The van der Waals surface area contributed by atoms with Crippen LogP contribution in [0.15, 0.2) is 0 Å². The predicted molar refractivity (Wildman–Crippen MR) is 120 cm³/mol. The fraction of sp³-hybridized carbons (Fsp3) is 1.00. The highest BCUT2D eigenvalue weighted by atomic mass is 16.5. The molecule has 3 heteroatoms. The lowest BCUT2D eigenvalue weighted by Crippen LogP contribution is -2.49. The first kappa shape index (κ1) is 25.9. The SMILES string of the molecule is CCCCCCCCCCOCC1(COCCCCCCCCCC)COC1. The molecule has 0 aromatic heterocycles. The highest BCUT2D eigenvalue weighted by Gasteiger charge is 2.39. The Hall–Kier alpha value is -0.120. The Morgan fingerprint density at radius 1 is 0.536 bits per heavy atom. The molecule has 0 bridgehead atoms. The van der Waals surface area contributed by atoms with Gasteiger partial charge in [0.25, 0.3) is 0 Å². The molecule has 0 saturated carbocycles. The molecule has 0 unspecified atom stereocenters. The van der Waals surface area contributed by atoms with E-state index in [1.165, 1.54) is 103 Å². The van der Waals surface area contributed by atoms with E-state index in [2.05, 4.69) is 13.8 Å². The Morgan fingerprint density at radius 2 is 0.893 bits per heavy atom. The van der Waals surface area contributed by atoms with Crippen molar-refractivity contribution in [2.24, 2.45) is 5.41 Å². The lowest BCUT2D eigenvalue weighted by atomic mass is 9.88. The summed E-state index contributed by atoms with van der Waals surface area (Å²) in [5, 5.41) is 0. The molecule has 0 radical (unpaired) electrons. The number of rotatable bonds is 22. The van der Waals surface area contributed by atoms with Gasteiger partial charge in [0.1, 0.15) is 0 Å². The lowest BCUT2D eigenvalue weighted by molar-refractivity contribution is -0.178. The molecule has 1 fully saturated rings. The zero-order chi connectivity index (χ0) is 20.2. The first-order valence-corrected chi connectivity index (χ1v) is 12.6. The summed E-state index contributed by atoms with van der Waals surface area (Å²) in [7, 11) is 0. The molecule has 0 atom stereocenters. The van der Waals surface area contributed by atoms with Gasteiger partial charge in [-0.15, -0.1) is 0 Å². The van der Waals surface area contributed by atoms with Gasteiger partial charge in [0, 0.05) is 13.2 Å². The van der Waals surface area contributed by atoms with Crippen LogP contribution < -0.4 is 0 Å². The molecular formula is C25H50O3. The average molecular weight is 399 g/mol. The van der Waals surface area contributed by atoms with Gasteiger partial charge in [-0.05, 0) is 12.8 Å². The van der Waals surface area contributed by atoms with Crippen molar-refractivity contribution in [2.45, 2.75) is 117 Å². The van der Waals surface area contributed by atoms with Crippen LogP contribution in [0.3, 0.4) is 0 Å². The quantitative estimate of drug-likeness (QED) is 0.179. The van der Waals surface area contributed by atoms with Crippen molar-refractivity contribution in [3.63, 3.8) is 0 Å². The Morgan fingerprint density at radius 3 is 1.21 bits per heavy atom. The molecule has 1 saturated heterocycles. The zero-order valence-electron chi connectivity index (χ0n) is 19.3. The van der Waals surface area contributed by atoms with Crippen molar-refractivity contribution in [3.05, 3.63) is 0 Å². The van der Waals surface area contributed by atoms with Gasteiger partial charge in [-0.1, -0.05) is 104 Å². The van der Waals surface area contributed by atoms with Gasteiger partial charge in [-0.2, -0.15) is 0 Å². The molecular weight excluding hydrogens is 348 g/mol. The van der Waals surface area contributed by atoms with Crippen molar-refractivity contribution >= 4 is 0 Å². The molecule has 1 aliphatic rings. The van der Waals surface area contributed by atoms with Gasteiger partial charge in [0.05, 0.1) is 31.8 Å². The van der Waals surface area contributed by atoms with Crippen LogP contribution in [0, 0.1) is 5.41 Å². The van der Waals surface area contributed by atoms with E-state index in [1.807, 2.05) is 0 Å². The Kier molecular flexibility index (Phi) is 17.5.